The summed E-state index contributed by atoms with van der Waals surface area (Å²) in [4.78, 5) is 28.4. The Labute approximate surface area is 228 Å². The molecule has 3 aromatic rings. The summed E-state index contributed by atoms with van der Waals surface area (Å²) in [6, 6.07) is 14.2. The van der Waals surface area contributed by atoms with Crippen LogP contribution in [0.1, 0.15) is 47.4 Å². The predicted octanol–water partition coefficient (Wildman–Crippen LogP) is 4.90. The summed E-state index contributed by atoms with van der Waals surface area (Å²) < 4.78 is 17.1. The minimum atomic E-state index is -1.09. The van der Waals surface area contributed by atoms with Crippen molar-refractivity contribution in [2.45, 2.75) is 45.3 Å². The third-order valence-electron chi connectivity index (χ3n) is 7.07. The summed E-state index contributed by atoms with van der Waals surface area (Å²) in [5.74, 6) is -0.803. The Morgan fingerprint density at radius 1 is 1.10 bits per heavy atom. The van der Waals surface area contributed by atoms with Gasteiger partial charge < -0.3 is 29.6 Å². The van der Waals surface area contributed by atoms with Crippen LogP contribution in [0.3, 0.4) is 0 Å². The summed E-state index contributed by atoms with van der Waals surface area (Å²) in [5.41, 5.74) is 5.87. The van der Waals surface area contributed by atoms with Gasteiger partial charge in [-0.1, -0.05) is 49.4 Å². The molecule has 0 radical (unpaired) electrons. The summed E-state index contributed by atoms with van der Waals surface area (Å²) in [6.07, 6.45) is 3.29. The number of aryl methyl sites for hydroxylation is 1. The molecule has 1 aliphatic carbocycles. The van der Waals surface area contributed by atoms with Crippen molar-refractivity contribution in [1.82, 2.24) is 10.3 Å². The van der Waals surface area contributed by atoms with Gasteiger partial charge in [0.15, 0.2) is 0 Å². The highest BCUT2D eigenvalue weighted by Gasteiger charge is 2.27. The van der Waals surface area contributed by atoms with Crippen LogP contribution in [0.25, 0.3) is 16.5 Å². The van der Waals surface area contributed by atoms with Crippen molar-refractivity contribution in [2.24, 2.45) is 0 Å². The zero-order chi connectivity index (χ0) is 27.9. The lowest BCUT2D eigenvalue weighted by atomic mass is 9.88. The van der Waals surface area contributed by atoms with Crippen molar-refractivity contribution < 1.29 is 28.9 Å². The molecule has 2 unspecified atom stereocenters. The van der Waals surface area contributed by atoms with E-state index >= 15 is 0 Å². The first-order valence-electron chi connectivity index (χ1n) is 13.2. The van der Waals surface area contributed by atoms with Gasteiger partial charge in [-0.2, -0.15) is 0 Å². The maximum atomic E-state index is 13.1. The molecular formula is C31H36N2O6. The van der Waals surface area contributed by atoms with Crippen LogP contribution in [0.4, 0.5) is 0 Å². The summed E-state index contributed by atoms with van der Waals surface area (Å²) in [5, 5.41) is 13.6. The average Bonchev–Trinajstić information content (AvgIpc) is 3.34. The van der Waals surface area contributed by atoms with E-state index in [1.54, 1.807) is 14.2 Å². The molecule has 4 rings (SSSR count). The molecule has 1 heterocycles. The van der Waals surface area contributed by atoms with Gasteiger partial charge in [-0.15, -0.1) is 0 Å². The number of amides is 1. The number of aromatic amines is 1. The van der Waals surface area contributed by atoms with Crippen LogP contribution in [0.5, 0.6) is 0 Å². The van der Waals surface area contributed by atoms with Crippen LogP contribution >= 0.6 is 0 Å². The van der Waals surface area contributed by atoms with Gasteiger partial charge in [-0.25, -0.2) is 4.79 Å². The lowest BCUT2D eigenvalue weighted by molar-refractivity contribution is -0.139. The van der Waals surface area contributed by atoms with Crippen molar-refractivity contribution in [3.63, 3.8) is 0 Å². The van der Waals surface area contributed by atoms with Gasteiger partial charge in [-0.05, 0) is 47.8 Å². The summed E-state index contributed by atoms with van der Waals surface area (Å²) >= 11 is 0. The number of methoxy groups -OCH3 is 2. The zero-order valence-corrected chi connectivity index (χ0v) is 22.9. The number of fused-ring (bicyclic) bond motifs is 1. The Morgan fingerprint density at radius 2 is 1.85 bits per heavy atom. The fourth-order valence-corrected chi connectivity index (χ4v) is 5.10. The summed E-state index contributed by atoms with van der Waals surface area (Å²) in [6.45, 7) is 5.09. The molecule has 2 aromatic carbocycles. The highest BCUT2D eigenvalue weighted by atomic mass is 16.5. The molecule has 0 spiro atoms. The Balaban J connectivity index is 1.53. The number of rotatable bonds is 12. The third-order valence-corrected chi connectivity index (χ3v) is 7.07. The number of hydrogen-bond acceptors (Lipinski definition) is 5. The second kappa shape index (κ2) is 12.8. The lowest BCUT2D eigenvalue weighted by Gasteiger charge is -2.27. The van der Waals surface area contributed by atoms with Gasteiger partial charge in [0.1, 0.15) is 17.5 Å². The Kier molecular flexibility index (Phi) is 9.22. The van der Waals surface area contributed by atoms with E-state index < -0.39 is 17.9 Å². The average molecular weight is 533 g/mol. The number of H-pyrrole nitrogens is 1. The molecule has 0 saturated heterocycles. The molecule has 206 valence electrons. The van der Waals surface area contributed by atoms with Gasteiger partial charge in [-0.3, -0.25) is 4.79 Å². The van der Waals surface area contributed by atoms with E-state index in [-0.39, 0.29) is 12.5 Å². The van der Waals surface area contributed by atoms with Crippen molar-refractivity contribution in [3.8, 4) is 0 Å². The predicted molar refractivity (Wildman–Crippen MR) is 151 cm³/mol. The number of aromatic nitrogens is 1. The number of hydrogen-bond donors (Lipinski definition) is 3. The second-order valence-corrected chi connectivity index (χ2v) is 9.49. The van der Waals surface area contributed by atoms with E-state index in [9.17, 15) is 14.7 Å². The topological polar surface area (TPSA) is 110 Å². The number of ether oxygens (including phenoxy) is 3. The SMILES string of the molecule is CCOCC1=CC(OC)=C(c2ccc(CC(NC(=O)c3[nH]c4ccccc4c3CC)C(=O)O)cc2)C(OC)C1. The van der Waals surface area contributed by atoms with Crippen LogP contribution < -0.4 is 5.32 Å². The van der Waals surface area contributed by atoms with E-state index in [1.165, 1.54) is 0 Å². The number of nitrogens with one attached hydrogen (secondary N) is 2. The quantitative estimate of drug-likeness (QED) is 0.306. The number of carbonyl (C=O) groups is 2. The standard InChI is InChI=1S/C31H36N2O6/c1-5-22-23-9-7-8-10-24(23)32-29(22)30(34)33-25(31(35)36)15-19-11-13-21(14-12-19)28-26(37-3)16-20(18-39-6-2)17-27(28)38-4/h7-14,16,25,27,32H,5-6,15,17-18H2,1-4H3,(H,33,34)(H,35,36). The van der Waals surface area contributed by atoms with Crippen LogP contribution in [-0.2, 0) is 31.8 Å². The largest absolute Gasteiger partial charge is 0.496 e. The first kappa shape index (κ1) is 28.1. The van der Waals surface area contributed by atoms with E-state index in [0.29, 0.717) is 31.7 Å². The van der Waals surface area contributed by atoms with Gasteiger partial charge in [0.05, 0.1) is 19.8 Å². The number of allylic oxidation sites excluding steroid dienone is 1. The monoisotopic (exact) mass is 532 g/mol. The summed E-state index contributed by atoms with van der Waals surface area (Å²) in [7, 11) is 3.31. The van der Waals surface area contributed by atoms with Gasteiger partial charge in [0, 0.05) is 43.0 Å². The minimum absolute atomic E-state index is 0.144. The fourth-order valence-electron chi connectivity index (χ4n) is 5.10. The minimum Gasteiger partial charge on any atom is -0.496 e. The number of carboxylic acid groups (broad SMARTS) is 1. The zero-order valence-electron chi connectivity index (χ0n) is 22.9. The number of carbonyl (C=O) groups excluding carboxylic acids is 1. The highest BCUT2D eigenvalue weighted by molar-refractivity contribution is 6.02. The number of carboxylic acids is 1. The Hall–Kier alpha value is -3.88. The third kappa shape index (κ3) is 6.24. The van der Waals surface area contributed by atoms with Crippen LogP contribution in [0.15, 0.2) is 65.9 Å². The molecule has 0 saturated carbocycles. The van der Waals surface area contributed by atoms with E-state index in [1.807, 2.05) is 68.5 Å². The van der Waals surface area contributed by atoms with Gasteiger partial charge >= 0.3 is 5.97 Å². The van der Waals surface area contributed by atoms with Crippen LogP contribution in [-0.4, -0.2) is 61.5 Å². The number of aliphatic carboxylic acids is 1. The van der Waals surface area contributed by atoms with Crippen molar-refractivity contribution in [2.75, 3.05) is 27.4 Å². The molecule has 0 fully saturated rings. The fraction of sp³-hybridized carbons (Fsp3) is 0.355. The molecular weight excluding hydrogens is 496 g/mol. The normalized spacial score (nSPS) is 16.2. The van der Waals surface area contributed by atoms with Gasteiger partial charge in [0.2, 0.25) is 0 Å². The Bertz CT molecular complexity index is 1390. The highest BCUT2D eigenvalue weighted by Crippen LogP contribution is 2.34. The molecule has 8 nitrogen and oxygen atoms in total. The van der Waals surface area contributed by atoms with E-state index in [4.69, 9.17) is 14.2 Å². The first-order chi connectivity index (χ1) is 18.9. The van der Waals surface area contributed by atoms with Crippen LogP contribution in [0.2, 0.25) is 0 Å². The van der Waals surface area contributed by atoms with E-state index in [2.05, 4.69) is 10.3 Å². The number of benzene rings is 2. The molecule has 0 aliphatic heterocycles. The molecule has 1 aliphatic rings. The smallest absolute Gasteiger partial charge is 0.326 e. The van der Waals surface area contributed by atoms with Crippen LogP contribution in [0, 0.1) is 0 Å². The number of para-hydroxylation sites is 1. The van der Waals surface area contributed by atoms with Crippen molar-refractivity contribution in [1.29, 1.82) is 0 Å². The molecule has 2 atom stereocenters. The lowest BCUT2D eigenvalue weighted by Crippen LogP contribution is -2.42. The second-order valence-electron chi connectivity index (χ2n) is 9.49. The van der Waals surface area contributed by atoms with Crippen molar-refractivity contribution in [3.05, 3.63) is 88.3 Å². The van der Waals surface area contributed by atoms with E-state index in [0.717, 1.165) is 44.5 Å². The molecule has 8 heteroatoms. The Morgan fingerprint density at radius 3 is 2.49 bits per heavy atom. The first-order valence-corrected chi connectivity index (χ1v) is 13.2. The maximum Gasteiger partial charge on any atom is 0.326 e. The van der Waals surface area contributed by atoms with Crippen molar-refractivity contribution >= 4 is 28.4 Å². The maximum absolute atomic E-state index is 13.1. The molecule has 3 N–H and O–H groups in total. The molecule has 1 aromatic heterocycles. The van der Waals surface area contributed by atoms with Gasteiger partial charge in [0.25, 0.3) is 5.91 Å². The molecule has 0 bridgehead atoms. The molecule has 39 heavy (non-hydrogen) atoms. The molecule has 1 amide bonds.